The van der Waals surface area contributed by atoms with Crippen LogP contribution in [0.4, 0.5) is 0 Å². The Morgan fingerprint density at radius 1 is 1.30 bits per heavy atom. The number of aliphatic hydroxyl groups excluding tert-OH is 1. The van der Waals surface area contributed by atoms with Crippen LogP contribution >= 0.6 is 0 Å². The predicted molar refractivity (Wildman–Crippen MR) is 82.6 cm³/mol. The van der Waals surface area contributed by atoms with E-state index in [2.05, 4.69) is 26.1 Å². The topological polar surface area (TPSA) is 52.6 Å². The molecule has 2 N–H and O–H groups in total. The number of unbranched alkanes of at least 4 members (excludes halogenated alkanes) is 3. The maximum atomic E-state index is 12.9. The van der Waals surface area contributed by atoms with E-state index in [4.69, 9.17) is 0 Å². The first-order chi connectivity index (χ1) is 9.58. The van der Waals surface area contributed by atoms with Crippen molar-refractivity contribution in [1.29, 1.82) is 0 Å². The Labute approximate surface area is 123 Å². The molecular formula is C16H32N2O2. The fraction of sp³-hybridized carbons (Fsp3) is 0.938. The van der Waals surface area contributed by atoms with Gasteiger partial charge in [-0.1, -0.05) is 40.0 Å². The number of hydrogen-bond donors (Lipinski definition) is 2. The summed E-state index contributed by atoms with van der Waals surface area (Å²) < 4.78 is 0. The second-order valence-electron chi connectivity index (χ2n) is 6.31. The number of carbonyl (C=O) groups is 1. The Hall–Kier alpha value is -0.610. The molecule has 4 nitrogen and oxygen atoms in total. The molecule has 20 heavy (non-hydrogen) atoms. The van der Waals surface area contributed by atoms with Gasteiger partial charge >= 0.3 is 0 Å². The Morgan fingerprint density at radius 2 is 2.05 bits per heavy atom. The van der Waals surface area contributed by atoms with Crippen molar-refractivity contribution in [2.24, 2.45) is 11.3 Å². The van der Waals surface area contributed by atoms with E-state index in [-0.39, 0.29) is 17.9 Å². The SMILES string of the molecule is CCCCCCN(CCO)C(=O)C1(C(C)C)CCNC1. The Balaban J connectivity index is 2.66. The van der Waals surface area contributed by atoms with Crippen LogP contribution in [0.25, 0.3) is 0 Å². The molecule has 0 radical (unpaired) electrons. The largest absolute Gasteiger partial charge is 0.395 e. The van der Waals surface area contributed by atoms with E-state index >= 15 is 0 Å². The highest BCUT2D eigenvalue weighted by Crippen LogP contribution is 2.36. The average Bonchev–Trinajstić information content (AvgIpc) is 2.92. The van der Waals surface area contributed by atoms with Gasteiger partial charge in [-0.15, -0.1) is 0 Å². The molecule has 4 heteroatoms. The van der Waals surface area contributed by atoms with Crippen LogP contribution in [0.1, 0.15) is 52.9 Å². The summed E-state index contributed by atoms with van der Waals surface area (Å²) in [5.74, 6) is 0.574. The van der Waals surface area contributed by atoms with Crippen LogP contribution < -0.4 is 5.32 Å². The number of rotatable bonds is 9. The van der Waals surface area contributed by atoms with Gasteiger partial charge in [-0.05, 0) is 25.3 Å². The van der Waals surface area contributed by atoms with E-state index in [1.54, 1.807) is 0 Å². The minimum atomic E-state index is -0.264. The summed E-state index contributed by atoms with van der Waals surface area (Å²) in [4.78, 5) is 14.8. The van der Waals surface area contributed by atoms with Crippen molar-refractivity contribution in [2.75, 3.05) is 32.8 Å². The minimum absolute atomic E-state index is 0.0567. The molecule has 1 atom stereocenters. The predicted octanol–water partition coefficient (Wildman–Crippen LogP) is 2.02. The number of hydrogen-bond acceptors (Lipinski definition) is 3. The standard InChI is InChI=1S/C16H32N2O2/c1-4-5-6-7-10-18(11-12-19)15(20)16(14(2)3)8-9-17-13-16/h14,17,19H,4-13H2,1-3H3. The summed E-state index contributed by atoms with van der Waals surface area (Å²) in [5, 5.41) is 12.6. The lowest BCUT2D eigenvalue weighted by atomic mass is 9.75. The van der Waals surface area contributed by atoms with E-state index in [1.165, 1.54) is 19.3 Å². The summed E-state index contributed by atoms with van der Waals surface area (Å²) in [6, 6.07) is 0. The number of nitrogens with one attached hydrogen (secondary N) is 1. The van der Waals surface area contributed by atoms with Crippen molar-refractivity contribution < 1.29 is 9.90 Å². The Bertz CT molecular complexity index is 286. The van der Waals surface area contributed by atoms with Crippen molar-refractivity contribution in [1.82, 2.24) is 10.2 Å². The summed E-state index contributed by atoms with van der Waals surface area (Å²) in [6.07, 6.45) is 5.55. The van der Waals surface area contributed by atoms with Gasteiger partial charge in [0.05, 0.1) is 12.0 Å². The van der Waals surface area contributed by atoms with Gasteiger partial charge in [-0.3, -0.25) is 4.79 Å². The first kappa shape index (κ1) is 17.4. The zero-order valence-corrected chi connectivity index (χ0v) is 13.5. The van der Waals surface area contributed by atoms with E-state index in [0.717, 1.165) is 32.5 Å². The van der Waals surface area contributed by atoms with E-state index in [0.29, 0.717) is 12.5 Å². The maximum Gasteiger partial charge on any atom is 0.230 e. The van der Waals surface area contributed by atoms with Crippen molar-refractivity contribution in [3.05, 3.63) is 0 Å². The molecule has 1 aliphatic rings. The molecule has 1 heterocycles. The van der Waals surface area contributed by atoms with Crippen LogP contribution in [-0.4, -0.2) is 48.7 Å². The molecule has 1 aliphatic heterocycles. The normalized spacial score (nSPS) is 22.4. The number of amides is 1. The van der Waals surface area contributed by atoms with E-state index in [1.807, 2.05) is 4.90 Å². The third kappa shape index (κ3) is 4.19. The molecular weight excluding hydrogens is 252 g/mol. The monoisotopic (exact) mass is 284 g/mol. The molecule has 1 unspecified atom stereocenters. The number of carbonyl (C=O) groups excluding carboxylic acids is 1. The summed E-state index contributed by atoms with van der Waals surface area (Å²) in [5.41, 5.74) is -0.264. The fourth-order valence-electron chi connectivity index (χ4n) is 3.11. The average molecular weight is 284 g/mol. The highest BCUT2D eigenvalue weighted by Gasteiger charge is 2.45. The molecule has 0 aromatic carbocycles. The van der Waals surface area contributed by atoms with Gasteiger partial charge in [0.25, 0.3) is 0 Å². The van der Waals surface area contributed by atoms with Crippen molar-refractivity contribution in [3.63, 3.8) is 0 Å². The molecule has 1 saturated heterocycles. The van der Waals surface area contributed by atoms with Gasteiger partial charge in [0, 0.05) is 19.6 Å². The molecule has 0 spiro atoms. The van der Waals surface area contributed by atoms with Crippen LogP contribution in [0.15, 0.2) is 0 Å². The third-order valence-electron chi connectivity index (χ3n) is 4.66. The molecule has 1 fully saturated rings. The van der Waals surface area contributed by atoms with Gasteiger partial charge in [-0.2, -0.15) is 0 Å². The van der Waals surface area contributed by atoms with Crippen LogP contribution in [0, 0.1) is 11.3 Å². The second kappa shape index (κ2) is 8.63. The molecule has 1 rings (SSSR count). The molecule has 0 aliphatic carbocycles. The van der Waals surface area contributed by atoms with Crippen LogP contribution in [0.5, 0.6) is 0 Å². The quantitative estimate of drug-likeness (QED) is 0.637. The summed E-state index contributed by atoms with van der Waals surface area (Å²) in [6.45, 7) is 9.48. The fourth-order valence-corrected chi connectivity index (χ4v) is 3.11. The first-order valence-electron chi connectivity index (χ1n) is 8.19. The van der Waals surface area contributed by atoms with Gasteiger partial charge < -0.3 is 15.3 Å². The summed E-state index contributed by atoms with van der Waals surface area (Å²) >= 11 is 0. The smallest absolute Gasteiger partial charge is 0.230 e. The van der Waals surface area contributed by atoms with Crippen LogP contribution in [-0.2, 0) is 4.79 Å². The van der Waals surface area contributed by atoms with E-state index in [9.17, 15) is 9.90 Å². The highest BCUT2D eigenvalue weighted by molar-refractivity contribution is 5.83. The zero-order chi connectivity index (χ0) is 15.0. The van der Waals surface area contributed by atoms with Crippen molar-refractivity contribution in [3.8, 4) is 0 Å². The lowest BCUT2D eigenvalue weighted by molar-refractivity contribution is -0.144. The van der Waals surface area contributed by atoms with Crippen molar-refractivity contribution >= 4 is 5.91 Å². The van der Waals surface area contributed by atoms with Gasteiger partial charge in [-0.25, -0.2) is 0 Å². The lowest BCUT2D eigenvalue weighted by Crippen LogP contribution is -2.49. The second-order valence-corrected chi connectivity index (χ2v) is 6.31. The third-order valence-corrected chi connectivity index (χ3v) is 4.66. The first-order valence-corrected chi connectivity index (χ1v) is 8.19. The minimum Gasteiger partial charge on any atom is -0.395 e. The molecule has 0 saturated carbocycles. The van der Waals surface area contributed by atoms with Crippen molar-refractivity contribution in [2.45, 2.75) is 52.9 Å². The van der Waals surface area contributed by atoms with Crippen LogP contribution in [0.3, 0.4) is 0 Å². The molecule has 1 amide bonds. The molecule has 0 bridgehead atoms. The number of aliphatic hydroxyl groups is 1. The molecule has 0 aromatic rings. The molecule has 118 valence electrons. The van der Waals surface area contributed by atoms with Crippen LogP contribution in [0.2, 0.25) is 0 Å². The molecule has 0 aromatic heterocycles. The van der Waals surface area contributed by atoms with Gasteiger partial charge in [0.2, 0.25) is 5.91 Å². The highest BCUT2D eigenvalue weighted by atomic mass is 16.3. The lowest BCUT2D eigenvalue weighted by Gasteiger charge is -2.36. The summed E-state index contributed by atoms with van der Waals surface area (Å²) in [7, 11) is 0. The van der Waals surface area contributed by atoms with Gasteiger partial charge in [0.1, 0.15) is 0 Å². The Morgan fingerprint density at radius 3 is 2.55 bits per heavy atom. The number of nitrogens with zero attached hydrogens (tertiary/aromatic N) is 1. The van der Waals surface area contributed by atoms with E-state index < -0.39 is 0 Å². The van der Waals surface area contributed by atoms with Gasteiger partial charge in [0.15, 0.2) is 0 Å². The maximum absolute atomic E-state index is 12.9. The zero-order valence-electron chi connectivity index (χ0n) is 13.5. The Kier molecular flexibility index (Phi) is 7.52.